The molecule has 3 rings (SSSR count). The van der Waals surface area contributed by atoms with Gasteiger partial charge < -0.3 is 4.98 Å². The molecule has 0 radical (unpaired) electrons. The molecular formula is C28H34N3O2S+. The number of hydrogen-bond acceptors (Lipinski definition) is 4. The average Bonchev–Trinajstić information content (AvgIpc) is 2.84. The molecule has 0 saturated carbocycles. The molecule has 178 valence electrons. The van der Waals surface area contributed by atoms with E-state index in [1.165, 1.54) is 38.5 Å². The van der Waals surface area contributed by atoms with E-state index in [1.54, 1.807) is 17.8 Å². The van der Waals surface area contributed by atoms with Gasteiger partial charge in [-0.15, -0.1) is 11.8 Å². The zero-order chi connectivity index (χ0) is 24.0. The summed E-state index contributed by atoms with van der Waals surface area (Å²) in [6, 6.07) is 15.4. The third kappa shape index (κ3) is 9.48. The van der Waals surface area contributed by atoms with Crippen molar-refractivity contribution in [2.24, 2.45) is 0 Å². The van der Waals surface area contributed by atoms with Gasteiger partial charge in [-0.25, -0.2) is 9.36 Å². The van der Waals surface area contributed by atoms with Crippen LogP contribution in [0.4, 0.5) is 0 Å². The van der Waals surface area contributed by atoms with Crippen molar-refractivity contribution in [1.29, 1.82) is 0 Å². The number of nitrogens with one attached hydrogen (secondary N) is 1. The molecule has 0 aliphatic rings. The lowest BCUT2D eigenvalue weighted by Gasteiger charge is -2.03. The van der Waals surface area contributed by atoms with Gasteiger partial charge >= 0.3 is 5.69 Å². The van der Waals surface area contributed by atoms with E-state index >= 15 is 0 Å². The van der Waals surface area contributed by atoms with Gasteiger partial charge in [0.25, 0.3) is 0 Å². The maximum absolute atomic E-state index is 12.2. The minimum atomic E-state index is -0.260. The number of pyridine rings is 1. The van der Waals surface area contributed by atoms with Crippen LogP contribution in [0.5, 0.6) is 0 Å². The van der Waals surface area contributed by atoms with Crippen molar-refractivity contribution in [3.8, 4) is 0 Å². The molecule has 0 fully saturated rings. The molecule has 6 heteroatoms. The molecule has 2 heterocycles. The molecule has 2 aromatic heterocycles. The lowest BCUT2D eigenvalue weighted by Crippen LogP contribution is -2.32. The Morgan fingerprint density at radius 1 is 0.971 bits per heavy atom. The number of aromatic amines is 1. The van der Waals surface area contributed by atoms with Gasteiger partial charge in [-0.1, -0.05) is 62.1 Å². The zero-order valence-corrected chi connectivity index (χ0v) is 20.7. The predicted octanol–water partition coefficient (Wildman–Crippen LogP) is 5.78. The molecule has 0 unspecified atom stereocenters. The Kier molecular flexibility index (Phi) is 10.8. The fourth-order valence-corrected chi connectivity index (χ4v) is 4.65. The number of carbonyl (C=O) groups is 1. The van der Waals surface area contributed by atoms with Crippen molar-refractivity contribution in [3.05, 3.63) is 94.3 Å². The largest absolute Gasteiger partial charge is 0.346 e. The molecule has 0 amide bonds. The minimum absolute atomic E-state index is 0.0241. The second-order valence-corrected chi connectivity index (χ2v) is 9.58. The first-order chi connectivity index (χ1) is 16.6. The molecular weight excluding hydrogens is 442 g/mol. The van der Waals surface area contributed by atoms with Crippen LogP contribution in [0.1, 0.15) is 66.6 Å². The van der Waals surface area contributed by atoms with E-state index in [0.29, 0.717) is 5.56 Å². The molecule has 1 aromatic carbocycles. The highest BCUT2D eigenvalue weighted by atomic mass is 32.2. The van der Waals surface area contributed by atoms with E-state index < -0.39 is 0 Å². The normalized spacial score (nSPS) is 11.2. The molecule has 5 nitrogen and oxygen atoms in total. The zero-order valence-electron chi connectivity index (χ0n) is 19.9. The Morgan fingerprint density at radius 2 is 1.65 bits per heavy atom. The number of rotatable bonds is 14. The third-order valence-electron chi connectivity index (χ3n) is 5.57. The fraction of sp³-hybridized carbons (Fsp3) is 0.357. The quantitative estimate of drug-likeness (QED) is 0.0799. The van der Waals surface area contributed by atoms with Gasteiger partial charge in [0.2, 0.25) is 0 Å². The molecule has 0 saturated heterocycles. The summed E-state index contributed by atoms with van der Waals surface area (Å²) in [7, 11) is 0. The number of unbranched alkanes of at least 4 members (excludes halogenated alkanes) is 6. The Morgan fingerprint density at radius 3 is 2.35 bits per heavy atom. The Labute approximate surface area is 206 Å². The molecule has 1 N–H and O–H groups in total. The van der Waals surface area contributed by atoms with Crippen molar-refractivity contribution in [3.63, 3.8) is 0 Å². The number of hydrogen-bond donors (Lipinski definition) is 1. The molecule has 3 aromatic rings. The van der Waals surface area contributed by atoms with Crippen LogP contribution in [0, 0.1) is 6.92 Å². The summed E-state index contributed by atoms with van der Waals surface area (Å²) in [6.45, 7) is 2.90. The van der Waals surface area contributed by atoms with E-state index in [1.807, 2.05) is 49.4 Å². The summed E-state index contributed by atoms with van der Waals surface area (Å²) >= 11 is 1.67. The van der Waals surface area contributed by atoms with Crippen molar-refractivity contribution >= 4 is 23.6 Å². The van der Waals surface area contributed by atoms with E-state index in [2.05, 4.69) is 39.1 Å². The second-order valence-electron chi connectivity index (χ2n) is 8.46. The van der Waals surface area contributed by atoms with Gasteiger partial charge in [0.1, 0.15) is 11.6 Å². The van der Waals surface area contributed by atoms with Crippen LogP contribution in [-0.2, 0) is 6.54 Å². The lowest BCUT2D eigenvalue weighted by molar-refractivity contribution is -0.697. The van der Waals surface area contributed by atoms with E-state index in [0.717, 1.165) is 35.0 Å². The van der Waals surface area contributed by atoms with Gasteiger partial charge in [-0.2, -0.15) is 4.98 Å². The van der Waals surface area contributed by atoms with Crippen molar-refractivity contribution < 1.29 is 9.36 Å². The number of benzene rings is 1. The number of H-pyrrole nitrogens is 1. The van der Waals surface area contributed by atoms with Crippen molar-refractivity contribution in [2.45, 2.75) is 63.4 Å². The number of allylic oxidation sites excluding steroid dienone is 1. The summed E-state index contributed by atoms with van der Waals surface area (Å²) in [5.74, 6) is 1.04. The van der Waals surface area contributed by atoms with E-state index in [-0.39, 0.29) is 11.5 Å². The van der Waals surface area contributed by atoms with Gasteiger partial charge in [0, 0.05) is 29.8 Å². The first-order valence-corrected chi connectivity index (χ1v) is 13.1. The van der Waals surface area contributed by atoms with Crippen LogP contribution in [0.2, 0.25) is 0 Å². The molecule has 0 aliphatic heterocycles. The summed E-state index contributed by atoms with van der Waals surface area (Å²) in [4.78, 5) is 30.2. The maximum atomic E-state index is 12.2. The van der Waals surface area contributed by atoms with Crippen molar-refractivity contribution in [2.75, 3.05) is 5.75 Å². The number of aromatic nitrogens is 3. The van der Waals surface area contributed by atoms with Crippen LogP contribution in [0.25, 0.3) is 6.08 Å². The topological polar surface area (TPSA) is 66.7 Å². The number of carbonyl (C=O) groups excluding carboxylic acids is 1. The monoisotopic (exact) mass is 476 g/mol. The van der Waals surface area contributed by atoms with Crippen molar-refractivity contribution in [1.82, 2.24) is 9.97 Å². The average molecular weight is 477 g/mol. The highest BCUT2D eigenvalue weighted by molar-refractivity contribution is 7.99. The number of ketones is 1. The van der Waals surface area contributed by atoms with Gasteiger partial charge in [0.05, 0.1) is 0 Å². The van der Waals surface area contributed by atoms with Crippen LogP contribution in [0.15, 0.2) is 76.8 Å². The molecule has 0 aliphatic carbocycles. The first-order valence-electron chi connectivity index (χ1n) is 12.1. The van der Waals surface area contributed by atoms with Crippen LogP contribution in [0.3, 0.4) is 0 Å². The first kappa shape index (κ1) is 25.6. The standard InChI is InChI=1S/C28H33N3O2S/c1-23-22-27(30-28(33)29-23)34-21-11-6-4-2-3-5-10-18-31-19-16-24(17-20-31)14-15-26(32)25-12-8-7-9-13-25/h7-9,12-17,19-20,22H,2-6,10-11,18,21H2,1H3/p+1/b15-14+. The SMILES string of the molecule is Cc1cc(SCCCCCCCCC[n+]2ccc(/C=C/C(=O)c3ccccc3)cc2)nc(=O)[nH]1. The number of thioether (sulfide) groups is 1. The minimum Gasteiger partial charge on any atom is -0.310 e. The van der Waals surface area contributed by atoms with Gasteiger partial charge in [-0.3, -0.25) is 4.79 Å². The van der Waals surface area contributed by atoms with Crippen LogP contribution < -0.4 is 10.3 Å². The Hall–Kier alpha value is -2.99. The lowest BCUT2D eigenvalue weighted by atomic mass is 10.1. The molecule has 0 bridgehead atoms. The van der Waals surface area contributed by atoms with Gasteiger partial charge in [0.15, 0.2) is 18.2 Å². The summed E-state index contributed by atoms with van der Waals surface area (Å²) in [5, 5.41) is 0.823. The fourth-order valence-electron chi connectivity index (χ4n) is 3.68. The maximum Gasteiger partial charge on any atom is 0.346 e. The smallest absolute Gasteiger partial charge is 0.310 e. The Bertz CT molecular complexity index is 1110. The highest BCUT2D eigenvalue weighted by Crippen LogP contribution is 2.17. The third-order valence-corrected chi connectivity index (χ3v) is 6.57. The van der Waals surface area contributed by atoms with Crippen LogP contribution >= 0.6 is 11.8 Å². The molecule has 0 atom stereocenters. The van der Waals surface area contributed by atoms with E-state index in [9.17, 15) is 9.59 Å². The molecule has 0 spiro atoms. The Balaban J connectivity index is 1.22. The summed E-state index contributed by atoms with van der Waals surface area (Å²) < 4.78 is 2.21. The van der Waals surface area contributed by atoms with Crippen LogP contribution in [-0.4, -0.2) is 21.5 Å². The summed E-state index contributed by atoms with van der Waals surface area (Å²) in [5.41, 5.74) is 2.34. The predicted molar refractivity (Wildman–Crippen MR) is 139 cm³/mol. The van der Waals surface area contributed by atoms with E-state index in [4.69, 9.17) is 0 Å². The second kappa shape index (κ2) is 14.3. The van der Waals surface area contributed by atoms with Gasteiger partial charge in [-0.05, 0) is 43.2 Å². The summed E-state index contributed by atoms with van der Waals surface area (Å²) in [6.07, 6.45) is 16.3. The number of nitrogens with zero attached hydrogens (tertiary/aromatic N) is 2. The molecule has 34 heavy (non-hydrogen) atoms. The highest BCUT2D eigenvalue weighted by Gasteiger charge is 2.03. The number of aryl methyl sites for hydroxylation is 2.